The Hall–Kier alpha value is -2.64. The van der Waals surface area contributed by atoms with Gasteiger partial charge in [-0.05, 0) is 23.1 Å². The minimum absolute atomic E-state index is 0.0580. The van der Waals surface area contributed by atoms with E-state index in [9.17, 15) is 5.11 Å². The molecular formula is C23H22O. The molecule has 1 heteroatoms. The lowest BCUT2D eigenvalue weighted by Crippen LogP contribution is -2.09. The normalized spacial score (nSPS) is 13.7. The lowest BCUT2D eigenvalue weighted by Gasteiger charge is -2.21. The summed E-state index contributed by atoms with van der Waals surface area (Å²) in [6.45, 7) is 0. The second-order valence-corrected chi connectivity index (χ2v) is 5.91. The smallest absolute Gasteiger partial charge is 0.0893 e. The van der Waals surface area contributed by atoms with Gasteiger partial charge in [0.1, 0.15) is 0 Å². The van der Waals surface area contributed by atoms with E-state index in [1.165, 1.54) is 5.56 Å². The van der Waals surface area contributed by atoms with Crippen molar-refractivity contribution in [2.75, 3.05) is 0 Å². The largest absolute Gasteiger partial charge is 0.387 e. The standard InChI is InChI=1S/C23H22O/c24-23(21-16-8-3-9-17-21)22(20-14-6-2-7-15-20)18-10-13-19-11-4-1-5-12-19/h1-12,14-18,22-24H,13H2/b18-10-/t22-,23-/m0/s1. The monoisotopic (exact) mass is 314 g/mol. The Morgan fingerprint density at radius 3 is 1.75 bits per heavy atom. The van der Waals surface area contributed by atoms with Gasteiger partial charge in [-0.3, -0.25) is 0 Å². The van der Waals surface area contributed by atoms with E-state index in [-0.39, 0.29) is 5.92 Å². The zero-order valence-corrected chi connectivity index (χ0v) is 13.6. The molecule has 3 aromatic rings. The summed E-state index contributed by atoms with van der Waals surface area (Å²) >= 11 is 0. The molecule has 0 bridgehead atoms. The summed E-state index contributed by atoms with van der Waals surface area (Å²) in [7, 11) is 0. The molecule has 0 saturated carbocycles. The average Bonchev–Trinajstić information content (AvgIpc) is 2.67. The molecule has 0 unspecified atom stereocenters. The molecule has 1 nitrogen and oxygen atoms in total. The van der Waals surface area contributed by atoms with Crippen molar-refractivity contribution in [3.63, 3.8) is 0 Å². The Labute approximate surface area is 143 Å². The van der Waals surface area contributed by atoms with E-state index in [1.54, 1.807) is 0 Å². The predicted molar refractivity (Wildman–Crippen MR) is 99.9 cm³/mol. The van der Waals surface area contributed by atoms with Crippen molar-refractivity contribution in [2.24, 2.45) is 0 Å². The van der Waals surface area contributed by atoms with Crippen LogP contribution < -0.4 is 0 Å². The third-order valence-corrected chi connectivity index (χ3v) is 4.21. The van der Waals surface area contributed by atoms with Gasteiger partial charge in [0, 0.05) is 5.92 Å². The van der Waals surface area contributed by atoms with E-state index in [1.807, 2.05) is 54.6 Å². The van der Waals surface area contributed by atoms with Gasteiger partial charge in [-0.1, -0.05) is 103 Å². The van der Waals surface area contributed by atoms with Crippen molar-refractivity contribution in [2.45, 2.75) is 18.4 Å². The van der Waals surface area contributed by atoms with Gasteiger partial charge in [0.25, 0.3) is 0 Å². The quantitative estimate of drug-likeness (QED) is 0.612. The Morgan fingerprint density at radius 2 is 1.17 bits per heavy atom. The van der Waals surface area contributed by atoms with Gasteiger partial charge in [-0.25, -0.2) is 0 Å². The highest BCUT2D eigenvalue weighted by Crippen LogP contribution is 2.32. The van der Waals surface area contributed by atoms with Crippen molar-refractivity contribution in [3.05, 3.63) is 120 Å². The van der Waals surface area contributed by atoms with Crippen LogP contribution in [0.4, 0.5) is 0 Å². The molecular weight excluding hydrogens is 292 g/mol. The number of allylic oxidation sites excluding steroid dienone is 1. The molecule has 0 radical (unpaired) electrons. The first-order chi connectivity index (χ1) is 11.8. The molecule has 0 fully saturated rings. The van der Waals surface area contributed by atoms with E-state index in [4.69, 9.17) is 0 Å². The van der Waals surface area contributed by atoms with Gasteiger partial charge < -0.3 is 5.11 Å². The van der Waals surface area contributed by atoms with Crippen LogP contribution in [0.15, 0.2) is 103 Å². The molecule has 0 amide bonds. The predicted octanol–water partition coefficient (Wildman–Crippen LogP) is 5.30. The molecule has 3 rings (SSSR count). The summed E-state index contributed by atoms with van der Waals surface area (Å²) in [4.78, 5) is 0. The summed E-state index contributed by atoms with van der Waals surface area (Å²) in [5.74, 6) is -0.0580. The fourth-order valence-corrected chi connectivity index (χ4v) is 2.90. The highest BCUT2D eigenvalue weighted by Gasteiger charge is 2.19. The summed E-state index contributed by atoms with van der Waals surface area (Å²) < 4.78 is 0. The number of aliphatic hydroxyl groups excluding tert-OH is 1. The van der Waals surface area contributed by atoms with Gasteiger partial charge >= 0.3 is 0 Å². The average molecular weight is 314 g/mol. The van der Waals surface area contributed by atoms with Gasteiger partial charge in [-0.15, -0.1) is 0 Å². The molecule has 24 heavy (non-hydrogen) atoms. The zero-order chi connectivity index (χ0) is 16.6. The van der Waals surface area contributed by atoms with Crippen molar-refractivity contribution in [3.8, 4) is 0 Å². The molecule has 0 aliphatic carbocycles. The van der Waals surface area contributed by atoms with Gasteiger partial charge in [0.15, 0.2) is 0 Å². The third-order valence-electron chi connectivity index (χ3n) is 4.21. The SMILES string of the molecule is O[C@@H](c1ccccc1)[C@@H](/C=C\Cc1ccccc1)c1ccccc1. The second kappa shape index (κ2) is 8.28. The number of benzene rings is 3. The molecule has 0 saturated heterocycles. The van der Waals surface area contributed by atoms with Crippen LogP contribution in [0.1, 0.15) is 28.7 Å². The van der Waals surface area contributed by atoms with Crippen LogP contribution in [0.2, 0.25) is 0 Å². The number of aliphatic hydroxyl groups is 1. The summed E-state index contributed by atoms with van der Waals surface area (Å²) in [6.07, 6.45) is 4.59. The molecule has 1 N–H and O–H groups in total. The number of hydrogen-bond acceptors (Lipinski definition) is 1. The summed E-state index contributed by atoms with van der Waals surface area (Å²) in [5, 5.41) is 10.9. The molecule has 0 spiro atoms. The summed E-state index contributed by atoms with van der Waals surface area (Å²) in [5.41, 5.74) is 3.34. The van der Waals surface area contributed by atoms with Crippen molar-refractivity contribution < 1.29 is 5.11 Å². The van der Waals surface area contributed by atoms with Crippen molar-refractivity contribution in [1.82, 2.24) is 0 Å². The summed E-state index contributed by atoms with van der Waals surface area (Å²) in [6, 6.07) is 30.4. The first-order valence-corrected chi connectivity index (χ1v) is 8.33. The van der Waals surface area contributed by atoms with Crippen LogP contribution >= 0.6 is 0 Å². The van der Waals surface area contributed by atoms with Gasteiger partial charge in [-0.2, -0.15) is 0 Å². The molecule has 3 aromatic carbocycles. The molecule has 2 atom stereocenters. The Morgan fingerprint density at radius 1 is 0.667 bits per heavy atom. The fraction of sp³-hybridized carbons (Fsp3) is 0.130. The first-order valence-electron chi connectivity index (χ1n) is 8.33. The molecule has 120 valence electrons. The van der Waals surface area contributed by atoms with Crippen LogP contribution in [-0.2, 0) is 6.42 Å². The Balaban J connectivity index is 1.83. The maximum absolute atomic E-state index is 10.9. The highest BCUT2D eigenvalue weighted by atomic mass is 16.3. The number of hydrogen-bond donors (Lipinski definition) is 1. The molecule has 0 aliphatic heterocycles. The molecule has 0 aromatic heterocycles. The lowest BCUT2D eigenvalue weighted by molar-refractivity contribution is 0.161. The van der Waals surface area contributed by atoms with Gasteiger partial charge in [0.2, 0.25) is 0 Å². The van der Waals surface area contributed by atoms with Crippen LogP contribution in [0.25, 0.3) is 0 Å². The third kappa shape index (κ3) is 4.21. The van der Waals surface area contributed by atoms with Crippen molar-refractivity contribution >= 4 is 0 Å². The Bertz CT molecular complexity index is 748. The maximum atomic E-state index is 10.9. The van der Waals surface area contributed by atoms with Crippen LogP contribution in [0, 0.1) is 0 Å². The van der Waals surface area contributed by atoms with E-state index in [0.29, 0.717) is 0 Å². The lowest BCUT2D eigenvalue weighted by atomic mass is 9.88. The van der Waals surface area contributed by atoms with Crippen molar-refractivity contribution in [1.29, 1.82) is 0 Å². The van der Waals surface area contributed by atoms with Crippen LogP contribution in [0.5, 0.6) is 0 Å². The topological polar surface area (TPSA) is 20.2 Å². The minimum Gasteiger partial charge on any atom is -0.387 e. The second-order valence-electron chi connectivity index (χ2n) is 5.91. The highest BCUT2D eigenvalue weighted by molar-refractivity contribution is 5.31. The minimum atomic E-state index is -0.555. The Kier molecular flexibility index (Phi) is 5.60. The van der Waals surface area contributed by atoms with E-state index >= 15 is 0 Å². The maximum Gasteiger partial charge on any atom is 0.0893 e. The fourth-order valence-electron chi connectivity index (χ4n) is 2.90. The zero-order valence-electron chi connectivity index (χ0n) is 13.6. The van der Waals surface area contributed by atoms with Crippen LogP contribution in [-0.4, -0.2) is 5.11 Å². The van der Waals surface area contributed by atoms with Gasteiger partial charge in [0.05, 0.1) is 6.10 Å². The molecule has 0 heterocycles. The first kappa shape index (κ1) is 16.2. The van der Waals surface area contributed by atoms with E-state index < -0.39 is 6.10 Å². The number of rotatable bonds is 6. The van der Waals surface area contributed by atoms with E-state index in [0.717, 1.165) is 17.5 Å². The molecule has 0 aliphatic rings. The van der Waals surface area contributed by atoms with Crippen LogP contribution in [0.3, 0.4) is 0 Å². The van der Waals surface area contributed by atoms with E-state index in [2.05, 4.69) is 48.6 Å².